The van der Waals surface area contributed by atoms with Crippen molar-refractivity contribution in [2.45, 2.75) is 53.0 Å². The van der Waals surface area contributed by atoms with E-state index >= 15 is 0 Å². The fraction of sp³-hybridized carbons (Fsp3) is 0.303. The van der Waals surface area contributed by atoms with Gasteiger partial charge in [-0.3, -0.25) is 19.1 Å². The number of halogens is 1. The van der Waals surface area contributed by atoms with Gasteiger partial charge in [0.25, 0.3) is 0 Å². The minimum absolute atomic E-state index is 0.0877. The Hall–Kier alpha value is -4.30. The quantitative estimate of drug-likeness (QED) is 0.179. The van der Waals surface area contributed by atoms with Gasteiger partial charge in [0.1, 0.15) is 16.9 Å². The van der Waals surface area contributed by atoms with Gasteiger partial charge in [-0.1, -0.05) is 41.6 Å². The third-order valence-corrected chi connectivity index (χ3v) is 8.93. The number of aliphatic imine (C=N–C) groups is 1. The molecular weight excluding hydrogens is 594 g/mol. The van der Waals surface area contributed by atoms with Crippen LogP contribution in [0.1, 0.15) is 69.6 Å². The second kappa shape index (κ2) is 13.6. The van der Waals surface area contributed by atoms with E-state index in [1.54, 1.807) is 11.3 Å². The van der Waals surface area contributed by atoms with Crippen LogP contribution in [-0.4, -0.2) is 45.4 Å². The molecule has 0 fully saturated rings. The third-order valence-electron chi connectivity index (χ3n) is 7.49. The molecule has 2 amide bonds. The largest absolute Gasteiger partial charge is 0.356 e. The maximum Gasteiger partial charge on any atom is 0.224 e. The summed E-state index contributed by atoms with van der Waals surface area (Å²) in [5.74, 6) is 6.90. The number of fused-ring (bicyclic) bond motifs is 3. The number of carbonyl (C=O) groups excluding carboxylic acids is 2. The number of benzene rings is 2. The van der Waals surface area contributed by atoms with Crippen molar-refractivity contribution in [2.75, 3.05) is 18.4 Å². The molecule has 4 aromatic rings. The van der Waals surface area contributed by atoms with E-state index < -0.39 is 6.04 Å². The first-order valence-corrected chi connectivity index (χ1v) is 15.6. The van der Waals surface area contributed by atoms with E-state index in [0.717, 1.165) is 44.4 Å². The fourth-order valence-electron chi connectivity index (χ4n) is 5.06. The van der Waals surface area contributed by atoms with Crippen LogP contribution in [0.4, 0.5) is 5.69 Å². The molecule has 3 heterocycles. The van der Waals surface area contributed by atoms with Crippen molar-refractivity contribution >= 4 is 46.2 Å². The highest BCUT2D eigenvalue weighted by atomic mass is 35.5. The van der Waals surface area contributed by atoms with Gasteiger partial charge in [-0.2, -0.15) is 0 Å². The summed E-state index contributed by atoms with van der Waals surface area (Å²) in [4.78, 5) is 32.1. The summed E-state index contributed by atoms with van der Waals surface area (Å²) in [6.45, 7) is 8.67. The number of nitrogens with two attached hydrogens (primary N) is 1. The number of hydrogen-bond donors (Lipinski definition) is 3. The van der Waals surface area contributed by atoms with Crippen molar-refractivity contribution < 1.29 is 9.59 Å². The van der Waals surface area contributed by atoms with E-state index in [-0.39, 0.29) is 31.2 Å². The van der Waals surface area contributed by atoms with Crippen LogP contribution in [0.3, 0.4) is 0 Å². The monoisotopic (exact) mass is 627 g/mol. The number of nitrogens with one attached hydrogen (secondary N) is 2. The first-order chi connectivity index (χ1) is 21.2. The SMILES string of the molecule is Cc1ccc(NC(=O)CCCNC(=O)CC2N=C(c3ccc(Cl)cc3)c3c(sc(C)c3C)-n3c(C)nnc32)cc1C#CCN. The van der Waals surface area contributed by atoms with Gasteiger partial charge >= 0.3 is 0 Å². The minimum atomic E-state index is -0.553. The van der Waals surface area contributed by atoms with Crippen molar-refractivity contribution in [1.82, 2.24) is 20.1 Å². The summed E-state index contributed by atoms with van der Waals surface area (Å²) in [7, 11) is 0. The zero-order chi connectivity index (χ0) is 31.4. The van der Waals surface area contributed by atoms with Crippen molar-refractivity contribution in [2.24, 2.45) is 10.7 Å². The molecule has 4 N–H and O–H groups in total. The molecule has 1 aliphatic heterocycles. The molecule has 2 aromatic carbocycles. The topological polar surface area (TPSA) is 127 Å². The lowest BCUT2D eigenvalue weighted by Crippen LogP contribution is -2.27. The van der Waals surface area contributed by atoms with Crippen molar-refractivity contribution in [3.63, 3.8) is 0 Å². The Morgan fingerprint density at radius 1 is 1.07 bits per heavy atom. The van der Waals surface area contributed by atoms with E-state index in [2.05, 4.69) is 46.5 Å². The van der Waals surface area contributed by atoms with Gasteiger partial charge in [-0.05, 0) is 69.5 Å². The summed E-state index contributed by atoms with van der Waals surface area (Å²) in [5.41, 5.74) is 11.9. The number of hydrogen-bond acceptors (Lipinski definition) is 7. The van der Waals surface area contributed by atoms with Crippen LogP contribution in [0.15, 0.2) is 47.5 Å². The Morgan fingerprint density at radius 2 is 1.84 bits per heavy atom. The Labute approximate surface area is 265 Å². The lowest BCUT2D eigenvalue weighted by Gasteiger charge is -2.13. The number of nitrogens with zero attached hydrogens (tertiary/aromatic N) is 4. The Kier molecular flexibility index (Phi) is 9.59. The molecule has 1 aliphatic rings. The molecule has 11 heteroatoms. The van der Waals surface area contributed by atoms with E-state index in [4.69, 9.17) is 22.3 Å². The number of amides is 2. The molecule has 1 atom stereocenters. The van der Waals surface area contributed by atoms with Crippen LogP contribution in [0.2, 0.25) is 5.02 Å². The lowest BCUT2D eigenvalue weighted by atomic mass is 9.99. The summed E-state index contributed by atoms with van der Waals surface area (Å²) >= 11 is 7.86. The highest BCUT2D eigenvalue weighted by Crippen LogP contribution is 2.39. The second-order valence-corrected chi connectivity index (χ2v) is 12.3. The first-order valence-electron chi connectivity index (χ1n) is 14.4. The molecule has 0 spiro atoms. The Morgan fingerprint density at radius 3 is 2.59 bits per heavy atom. The maximum absolute atomic E-state index is 13.2. The minimum Gasteiger partial charge on any atom is -0.356 e. The number of thiophene rings is 1. The number of aryl methyl sites for hydroxylation is 3. The van der Waals surface area contributed by atoms with E-state index in [1.165, 1.54) is 4.88 Å². The van der Waals surface area contributed by atoms with Crippen LogP contribution in [0.25, 0.3) is 5.00 Å². The van der Waals surface area contributed by atoms with E-state index in [0.29, 0.717) is 29.5 Å². The highest BCUT2D eigenvalue weighted by molar-refractivity contribution is 7.15. The highest BCUT2D eigenvalue weighted by Gasteiger charge is 2.32. The number of carbonyl (C=O) groups is 2. The van der Waals surface area contributed by atoms with Crippen LogP contribution < -0.4 is 16.4 Å². The number of anilines is 1. The smallest absolute Gasteiger partial charge is 0.224 e. The first kappa shape index (κ1) is 31.1. The molecule has 9 nitrogen and oxygen atoms in total. The summed E-state index contributed by atoms with van der Waals surface area (Å²) in [6, 6.07) is 12.6. The Bertz CT molecular complexity index is 1810. The van der Waals surface area contributed by atoms with Crippen molar-refractivity contribution in [1.29, 1.82) is 0 Å². The average Bonchev–Trinajstić information content (AvgIpc) is 3.47. The van der Waals surface area contributed by atoms with Gasteiger partial charge in [0.15, 0.2) is 5.82 Å². The zero-order valence-corrected chi connectivity index (χ0v) is 26.7. The predicted octanol–water partition coefficient (Wildman–Crippen LogP) is 5.34. The summed E-state index contributed by atoms with van der Waals surface area (Å²) in [5, 5.41) is 16.3. The van der Waals surface area contributed by atoms with Crippen molar-refractivity contribution in [3.05, 3.63) is 91.8 Å². The standard InChI is InChI=1S/C33H34ClN7O2S/c1-19-9-14-26(17-24(19)7-5-15-35)37-28(42)8-6-16-36-29(43)18-27-32-40-39-22(4)41(32)33-30(20(2)21(3)44-33)31(38-27)23-10-12-25(34)13-11-23/h9-14,17,27H,6,8,15-16,18,35H2,1-4H3,(H,36,43)(H,37,42). The maximum atomic E-state index is 13.2. The molecule has 226 valence electrons. The number of aromatic nitrogens is 3. The molecule has 0 saturated carbocycles. The zero-order valence-electron chi connectivity index (χ0n) is 25.1. The van der Waals surface area contributed by atoms with Crippen LogP contribution in [0.5, 0.6) is 0 Å². The van der Waals surface area contributed by atoms with Gasteiger partial charge in [0.05, 0.1) is 18.7 Å². The van der Waals surface area contributed by atoms with Gasteiger partial charge in [-0.15, -0.1) is 21.5 Å². The second-order valence-electron chi connectivity index (χ2n) is 10.6. The fourth-order valence-corrected chi connectivity index (χ4v) is 6.40. The summed E-state index contributed by atoms with van der Waals surface area (Å²) < 4.78 is 2.02. The molecular formula is C33H34ClN7O2S. The predicted molar refractivity (Wildman–Crippen MR) is 176 cm³/mol. The van der Waals surface area contributed by atoms with E-state index in [1.807, 2.05) is 60.9 Å². The molecule has 5 rings (SSSR count). The summed E-state index contributed by atoms with van der Waals surface area (Å²) in [6.07, 6.45) is 0.829. The van der Waals surface area contributed by atoms with Gasteiger partial charge < -0.3 is 16.4 Å². The number of rotatable bonds is 8. The van der Waals surface area contributed by atoms with Crippen molar-refractivity contribution in [3.8, 4) is 16.8 Å². The van der Waals surface area contributed by atoms with Gasteiger partial charge in [-0.25, -0.2) is 0 Å². The van der Waals surface area contributed by atoms with Crippen LogP contribution >= 0.6 is 22.9 Å². The lowest BCUT2D eigenvalue weighted by molar-refractivity contribution is -0.122. The van der Waals surface area contributed by atoms with Crippen LogP contribution in [-0.2, 0) is 9.59 Å². The molecule has 0 aliphatic carbocycles. The molecule has 0 bridgehead atoms. The molecule has 2 aromatic heterocycles. The third kappa shape index (κ3) is 6.76. The van der Waals surface area contributed by atoms with E-state index in [9.17, 15) is 9.59 Å². The Balaban J connectivity index is 1.27. The molecule has 0 radical (unpaired) electrons. The van der Waals surface area contributed by atoms with Crippen LogP contribution in [0, 0.1) is 39.5 Å². The van der Waals surface area contributed by atoms with Gasteiger partial charge in [0, 0.05) is 45.2 Å². The molecule has 1 unspecified atom stereocenters. The molecule has 44 heavy (non-hydrogen) atoms. The van der Waals surface area contributed by atoms with Gasteiger partial charge in [0.2, 0.25) is 11.8 Å². The molecule has 0 saturated heterocycles. The average molecular weight is 628 g/mol. The normalized spacial score (nSPS) is 13.6.